The van der Waals surface area contributed by atoms with Crippen LogP contribution in [0.3, 0.4) is 0 Å². The summed E-state index contributed by atoms with van der Waals surface area (Å²) in [5, 5.41) is 6.85. The number of carbonyl (C=O) groups is 2. The highest BCUT2D eigenvalue weighted by atomic mass is 16.5. The standard InChI is InChI=1S/C25H26N4O4/c1-17(2)20-8-4-5-9-21(20)28-24(30)16-33-22-11-10-18(13-23(22)32-3)14-27-29-25(31)19-7-6-12-26-15-19/h4-15,17H,16H2,1-3H3,(H,28,30)(H,29,31)/b27-14+. The van der Waals surface area contributed by atoms with Crippen molar-refractivity contribution in [3.8, 4) is 11.5 Å². The van der Waals surface area contributed by atoms with Crippen LogP contribution >= 0.6 is 0 Å². The fraction of sp³-hybridized carbons (Fsp3) is 0.200. The molecule has 0 spiro atoms. The zero-order valence-electron chi connectivity index (χ0n) is 18.7. The molecule has 0 aliphatic rings. The van der Waals surface area contributed by atoms with E-state index in [1.165, 1.54) is 19.5 Å². The third kappa shape index (κ3) is 6.64. The van der Waals surface area contributed by atoms with Crippen molar-refractivity contribution in [3.05, 3.63) is 83.7 Å². The summed E-state index contributed by atoms with van der Waals surface area (Å²) in [6.07, 6.45) is 4.53. The zero-order valence-corrected chi connectivity index (χ0v) is 18.7. The van der Waals surface area contributed by atoms with Crippen LogP contribution in [0, 0.1) is 0 Å². The number of hydrogen-bond donors (Lipinski definition) is 2. The largest absolute Gasteiger partial charge is 0.493 e. The van der Waals surface area contributed by atoms with Gasteiger partial charge in [-0.25, -0.2) is 5.43 Å². The molecule has 0 radical (unpaired) electrons. The molecule has 170 valence electrons. The van der Waals surface area contributed by atoms with E-state index in [2.05, 4.69) is 34.7 Å². The number of rotatable bonds is 9. The van der Waals surface area contributed by atoms with Crippen molar-refractivity contribution in [3.63, 3.8) is 0 Å². The lowest BCUT2D eigenvalue weighted by molar-refractivity contribution is -0.118. The minimum atomic E-state index is -0.365. The first-order chi connectivity index (χ1) is 16.0. The van der Waals surface area contributed by atoms with Crippen LogP contribution in [0.2, 0.25) is 0 Å². The number of nitrogens with zero attached hydrogens (tertiary/aromatic N) is 2. The number of para-hydroxylation sites is 1. The summed E-state index contributed by atoms with van der Waals surface area (Å²) in [6.45, 7) is 3.97. The molecule has 1 heterocycles. The number of aromatic nitrogens is 1. The third-order valence-corrected chi connectivity index (χ3v) is 4.71. The second-order valence-corrected chi connectivity index (χ2v) is 7.43. The van der Waals surface area contributed by atoms with Gasteiger partial charge in [0.1, 0.15) is 0 Å². The molecular weight excluding hydrogens is 420 g/mol. The van der Waals surface area contributed by atoms with Crippen molar-refractivity contribution in [2.45, 2.75) is 19.8 Å². The van der Waals surface area contributed by atoms with Gasteiger partial charge in [0.15, 0.2) is 18.1 Å². The molecule has 0 atom stereocenters. The number of carbonyl (C=O) groups excluding carboxylic acids is 2. The second-order valence-electron chi connectivity index (χ2n) is 7.43. The van der Waals surface area contributed by atoms with Crippen molar-refractivity contribution in [1.82, 2.24) is 10.4 Å². The molecule has 1 aromatic heterocycles. The number of amides is 2. The van der Waals surface area contributed by atoms with Crippen molar-refractivity contribution in [2.24, 2.45) is 5.10 Å². The van der Waals surface area contributed by atoms with Crippen LogP contribution in [0.1, 0.15) is 41.3 Å². The van der Waals surface area contributed by atoms with Crippen molar-refractivity contribution < 1.29 is 19.1 Å². The lowest BCUT2D eigenvalue weighted by atomic mass is 10.0. The molecule has 8 heteroatoms. The lowest BCUT2D eigenvalue weighted by Crippen LogP contribution is -2.21. The molecule has 0 bridgehead atoms. The van der Waals surface area contributed by atoms with Crippen molar-refractivity contribution in [1.29, 1.82) is 0 Å². The summed E-state index contributed by atoms with van der Waals surface area (Å²) in [4.78, 5) is 28.3. The maximum atomic E-state index is 12.4. The molecule has 33 heavy (non-hydrogen) atoms. The molecule has 0 saturated heterocycles. The van der Waals surface area contributed by atoms with Gasteiger partial charge in [0.05, 0.1) is 18.9 Å². The van der Waals surface area contributed by atoms with Gasteiger partial charge in [0, 0.05) is 18.1 Å². The van der Waals surface area contributed by atoms with E-state index >= 15 is 0 Å². The first kappa shape index (κ1) is 23.5. The molecule has 0 saturated carbocycles. The Bertz CT molecular complexity index is 1130. The molecule has 0 unspecified atom stereocenters. The minimum Gasteiger partial charge on any atom is -0.493 e. The molecule has 2 N–H and O–H groups in total. The number of pyridine rings is 1. The van der Waals surface area contributed by atoms with E-state index in [0.717, 1.165) is 11.3 Å². The Morgan fingerprint density at radius 2 is 1.91 bits per heavy atom. The number of benzene rings is 2. The van der Waals surface area contributed by atoms with Crippen LogP contribution in [0.25, 0.3) is 0 Å². The fourth-order valence-electron chi connectivity index (χ4n) is 3.05. The normalized spacial score (nSPS) is 10.8. The van der Waals surface area contributed by atoms with Gasteiger partial charge in [-0.05, 0) is 53.4 Å². The van der Waals surface area contributed by atoms with Gasteiger partial charge in [0.2, 0.25) is 0 Å². The Labute approximate surface area is 192 Å². The van der Waals surface area contributed by atoms with E-state index in [1.54, 1.807) is 36.5 Å². The Morgan fingerprint density at radius 1 is 1.09 bits per heavy atom. The van der Waals surface area contributed by atoms with Gasteiger partial charge < -0.3 is 14.8 Å². The van der Waals surface area contributed by atoms with Crippen LogP contribution in [0.15, 0.2) is 72.1 Å². The number of hydrazone groups is 1. The van der Waals surface area contributed by atoms with Gasteiger partial charge in [-0.3, -0.25) is 14.6 Å². The van der Waals surface area contributed by atoms with E-state index in [9.17, 15) is 9.59 Å². The Kier molecular flexibility index (Phi) is 8.13. The fourth-order valence-corrected chi connectivity index (χ4v) is 3.05. The summed E-state index contributed by atoms with van der Waals surface area (Å²) >= 11 is 0. The van der Waals surface area contributed by atoms with Crippen molar-refractivity contribution in [2.75, 3.05) is 19.0 Å². The number of ether oxygens (including phenoxy) is 2. The van der Waals surface area contributed by atoms with Gasteiger partial charge in [-0.2, -0.15) is 5.10 Å². The summed E-state index contributed by atoms with van der Waals surface area (Å²) in [5.74, 6) is 0.505. The monoisotopic (exact) mass is 446 g/mol. The summed E-state index contributed by atoms with van der Waals surface area (Å²) < 4.78 is 11.0. The predicted octanol–water partition coefficient (Wildman–Crippen LogP) is 4.00. The SMILES string of the molecule is COc1cc(/C=N/NC(=O)c2cccnc2)ccc1OCC(=O)Nc1ccccc1C(C)C. The van der Waals surface area contributed by atoms with E-state index in [4.69, 9.17) is 9.47 Å². The molecular formula is C25H26N4O4. The molecule has 0 aliphatic carbocycles. The third-order valence-electron chi connectivity index (χ3n) is 4.71. The van der Waals surface area contributed by atoms with Crippen LogP contribution < -0.4 is 20.2 Å². The average molecular weight is 447 g/mol. The highest BCUT2D eigenvalue weighted by Gasteiger charge is 2.12. The lowest BCUT2D eigenvalue weighted by Gasteiger charge is -2.15. The molecule has 0 aliphatic heterocycles. The highest BCUT2D eigenvalue weighted by Crippen LogP contribution is 2.28. The number of hydrogen-bond acceptors (Lipinski definition) is 6. The number of methoxy groups -OCH3 is 1. The maximum absolute atomic E-state index is 12.4. The first-order valence-electron chi connectivity index (χ1n) is 10.4. The highest BCUT2D eigenvalue weighted by molar-refractivity contribution is 5.94. The molecule has 2 aromatic carbocycles. The molecule has 2 amide bonds. The van der Waals surface area contributed by atoms with E-state index in [0.29, 0.717) is 22.6 Å². The van der Waals surface area contributed by atoms with Crippen molar-refractivity contribution >= 4 is 23.7 Å². The Hall–Kier alpha value is -4.20. The van der Waals surface area contributed by atoms with Gasteiger partial charge in [0.25, 0.3) is 11.8 Å². The molecule has 0 fully saturated rings. The van der Waals surface area contributed by atoms with Gasteiger partial charge in [-0.1, -0.05) is 32.0 Å². The zero-order chi connectivity index (χ0) is 23.6. The molecule has 3 aromatic rings. The van der Waals surface area contributed by atoms with E-state index in [1.807, 2.05) is 24.3 Å². The molecule has 3 rings (SSSR count). The number of anilines is 1. The van der Waals surface area contributed by atoms with E-state index in [-0.39, 0.29) is 24.3 Å². The van der Waals surface area contributed by atoms with Crippen LogP contribution in [0.4, 0.5) is 5.69 Å². The minimum absolute atomic E-state index is 0.169. The van der Waals surface area contributed by atoms with Gasteiger partial charge >= 0.3 is 0 Å². The second kappa shape index (κ2) is 11.4. The first-order valence-corrected chi connectivity index (χ1v) is 10.4. The maximum Gasteiger partial charge on any atom is 0.272 e. The van der Waals surface area contributed by atoms with E-state index < -0.39 is 0 Å². The smallest absolute Gasteiger partial charge is 0.272 e. The summed E-state index contributed by atoms with van der Waals surface area (Å²) in [6, 6.07) is 16.1. The Morgan fingerprint density at radius 3 is 2.64 bits per heavy atom. The quantitative estimate of drug-likeness (QED) is 0.382. The summed E-state index contributed by atoms with van der Waals surface area (Å²) in [5.41, 5.74) is 5.36. The topological polar surface area (TPSA) is 102 Å². The average Bonchev–Trinajstić information content (AvgIpc) is 2.83. The van der Waals surface area contributed by atoms with Crippen LogP contribution in [-0.2, 0) is 4.79 Å². The predicted molar refractivity (Wildman–Crippen MR) is 127 cm³/mol. The summed E-state index contributed by atoms with van der Waals surface area (Å²) in [7, 11) is 1.51. The van der Waals surface area contributed by atoms with Crippen LogP contribution in [0.5, 0.6) is 11.5 Å². The van der Waals surface area contributed by atoms with Gasteiger partial charge in [-0.15, -0.1) is 0 Å². The molecule has 8 nitrogen and oxygen atoms in total. The number of nitrogens with one attached hydrogen (secondary N) is 2. The van der Waals surface area contributed by atoms with Crippen LogP contribution in [-0.4, -0.2) is 36.7 Å². The Balaban J connectivity index is 1.58.